The maximum Gasteiger partial charge on any atom is 0.263 e. The number of aliphatic hydroxyl groups is 1. The van der Waals surface area contributed by atoms with E-state index < -0.39 is 15.6 Å². The number of benzene rings is 2. The zero-order valence-electron chi connectivity index (χ0n) is 18.5. The van der Waals surface area contributed by atoms with Crippen LogP contribution in [-0.2, 0) is 10.0 Å². The highest BCUT2D eigenvalue weighted by molar-refractivity contribution is 7.93. The van der Waals surface area contributed by atoms with Crippen LogP contribution in [-0.4, -0.2) is 46.5 Å². The first kappa shape index (κ1) is 23.2. The maximum absolute atomic E-state index is 13.6. The summed E-state index contributed by atoms with van der Waals surface area (Å²) >= 11 is 0.958. The Balaban J connectivity index is 1.46. The molecule has 0 radical (unpaired) electrons. The second kappa shape index (κ2) is 8.88. The first-order valence-corrected chi connectivity index (χ1v) is 13.3. The van der Waals surface area contributed by atoms with Gasteiger partial charge in [0.15, 0.2) is 0 Å². The van der Waals surface area contributed by atoms with E-state index in [9.17, 15) is 17.9 Å². The van der Waals surface area contributed by atoms with Crippen LogP contribution in [0.15, 0.2) is 53.7 Å². The van der Waals surface area contributed by atoms with Crippen molar-refractivity contribution in [2.24, 2.45) is 0 Å². The zero-order valence-corrected chi connectivity index (χ0v) is 20.2. The smallest absolute Gasteiger partial charge is 0.263 e. The van der Waals surface area contributed by atoms with Gasteiger partial charge in [-0.25, -0.2) is 17.8 Å². The molecule has 11 heteroatoms. The van der Waals surface area contributed by atoms with E-state index in [0.29, 0.717) is 31.7 Å². The maximum atomic E-state index is 13.6. The third kappa shape index (κ3) is 4.65. The Morgan fingerprint density at radius 2 is 2.03 bits per heavy atom. The standard InChI is InChI=1S/C23H25FN4O4S2/c1-23(29)9-10-28(20(13-23)15-2-4-16(24)5-3-15)19-8-11-32-21-12-17(6-7-18(19)21)34(30,31)27-22-25-14-26-33-22/h2-7,12,14,19-20,29H,8-11,13H2,1H3,(H,25,26,27)/t19-,20-,23-/m1/s1. The summed E-state index contributed by atoms with van der Waals surface area (Å²) in [5.41, 5.74) is 1.02. The van der Waals surface area contributed by atoms with E-state index in [-0.39, 0.29) is 27.9 Å². The van der Waals surface area contributed by atoms with Gasteiger partial charge >= 0.3 is 0 Å². The quantitative estimate of drug-likeness (QED) is 0.543. The number of likely N-dealkylation sites (tertiary alicyclic amines) is 1. The van der Waals surface area contributed by atoms with Crippen molar-refractivity contribution in [3.63, 3.8) is 0 Å². The van der Waals surface area contributed by atoms with Crippen LogP contribution in [0.25, 0.3) is 0 Å². The molecular formula is C23H25FN4O4S2. The van der Waals surface area contributed by atoms with E-state index in [2.05, 4.69) is 19.0 Å². The Morgan fingerprint density at radius 1 is 1.24 bits per heavy atom. The molecule has 0 bridgehead atoms. The average molecular weight is 505 g/mol. The molecular weight excluding hydrogens is 479 g/mol. The zero-order chi connectivity index (χ0) is 23.9. The summed E-state index contributed by atoms with van der Waals surface area (Å²) in [6.07, 6.45) is 3.14. The first-order valence-electron chi connectivity index (χ1n) is 11.0. The van der Waals surface area contributed by atoms with E-state index in [4.69, 9.17) is 4.74 Å². The highest BCUT2D eigenvalue weighted by atomic mass is 32.2. The van der Waals surface area contributed by atoms with E-state index in [1.54, 1.807) is 24.3 Å². The van der Waals surface area contributed by atoms with Gasteiger partial charge in [-0.2, -0.15) is 4.37 Å². The van der Waals surface area contributed by atoms with Crippen molar-refractivity contribution in [3.05, 3.63) is 65.7 Å². The van der Waals surface area contributed by atoms with Gasteiger partial charge in [0, 0.05) is 48.2 Å². The van der Waals surface area contributed by atoms with Gasteiger partial charge in [-0.15, -0.1) is 0 Å². The third-order valence-corrected chi connectivity index (χ3v) is 8.53. The molecule has 2 aliphatic rings. The second-order valence-electron chi connectivity index (χ2n) is 8.96. The molecule has 3 aromatic rings. The molecule has 1 aromatic heterocycles. The number of sulfonamides is 1. The lowest BCUT2D eigenvalue weighted by atomic mass is 9.82. The van der Waals surface area contributed by atoms with Gasteiger partial charge in [0.05, 0.1) is 17.1 Å². The number of aromatic nitrogens is 2. The van der Waals surface area contributed by atoms with E-state index in [1.807, 2.05) is 6.92 Å². The van der Waals surface area contributed by atoms with E-state index in [0.717, 1.165) is 29.1 Å². The molecule has 3 atom stereocenters. The largest absolute Gasteiger partial charge is 0.493 e. The van der Waals surface area contributed by atoms with Gasteiger partial charge in [0.2, 0.25) is 5.13 Å². The molecule has 34 heavy (non-hydrogen) atoms. The second-order valence-corrected chi connectivity index (χ2v) is 11.4. The number of anilines is 1. The Labute approximate surface area is 201 Å². The molecule has 1 fully saturated rings. The topological polar surface area (TPSA) is 105 Å². The molecule has 0 unspecified atom stereocenters. The predicted octanol–water partition coefficient (Wildman–Crippen LogP) is 3.89. The van der Waals surface area contributed by atoms with Crippen molar-refractivity contribution < 1.29 is 22.7 Å². The molecule has 2 aromatic carbocycles. The minimum atomic E-state index is -3.84. The number of fused-ring (bicyclic) bond motifs is 1. The van der Waals surface area contributed by atoms with Crippen LogP contribution in [0.4, 0.5) is 9.52 Å². The fraction of sp³-hybridized carbons (Fsp3) is 0.391. The highest BCUT2D eigenvalue weighted by Gasteiger charge is 2.40. The molecule has 0 amide bonds. The van der Waals surface area contributed by atoms with Crippen molar-refractivity contribution in [1.82, 2.24) is 14.3 Å². The third-order valence-electron chi connectivity index (χ3n) is 6.48. The Bertz CT molecular complexity index is 1270. The van der Waals surface area contributed by atoms with E-state index >= 15 is 0 Å². The fourth-order valence-corrected chi connectivity index (χ4v) is 6.46. The minimum Gasteiger partial charge on any atom is -0.493 e. The SMILES string of the molecule is C[C@@]1(O)CCN([C@@H]2CCOc3cc(S(=O)(=O)Nc4ncns4)ccc32)[C@@H](c2ccc(F)cc2)C1. The molecule has 2 aliphatic heterocycles. The summed E-state index contributed by atoms with van der Waals surface area (Å²) in [7, 11) is -3.84. The number of halogens is 1. The number of hydrogen-bond donors (Lipinski definition) is 2. The van der Waals surface area contributed by atoms with Crippen molar-refractivity contribution in [2.75, 3.05) is 17.9 Å². The molecule has 0 spiro atoms. The minimum absolute atomic E-state index is 0.0252. The summed E-state index contributed by atoms with van der Waals surface area (Å²) in [4.78, 5) is 6.28. The van der Waals surface area contributed by atoms with Gasteiger partial charge in [0.25, 0.3) is 10.0 Å². The van der Waals surface area contributed by atoms with E-state index in [1.165, 1.54) is 24.5 Å². The van der Waals surface area contributed by atoms with Crippen LogP contribution >= 0.6 is 11.5 Å². The van der Waals surface area contributed by atoms with Gasteiger partial charge in [-0.05, 0) is 43.5 Å². The fourth-order valence-electron chi connectivity index (χ4n) is 4.78. The summed E-state index contributed by atoms with van der Waals surface area (Å²) in [6.45, 7) is 2.92. The summed E-state index contributed by atoms with van der Waals surface area (Å²) in [5.74, 6) is 0.219. The monoisotopic (exact) mass is 504 g/mol. The number of nitrogens with zero attached hydrogens (tertiary/aromatic N) is 3. The van der Waals surface area contributed by atoms with Crippen LogP contribution < -0.4 is 9.46 Å². The van der Waals surface area contributed by atoms with Crippen LogP contribution in [0.2, 0.25) is 0 Å². The Kier molecular flexibility index (Phi) is 6.05. The lowest BCUT2D eigenvalue weighted by Gasteiger charge is -2.47. The highest BCUT2D eigenvalue weighted by Crippen LogP contribution is 2.46. The van der Waals surface area contributed by atoms with Crippen molar-refractivity contribution in [3.8, 4) is 5.75 Å². The molecule has 0 saturated carbocycles. The van der Waals surface area contributed by atoms with Crippen LogP contribution in [0.3, 0.4) is 0 Å². The normalized spacial score (nSPS) is 25.4. The number of ether oxygens (including phenoxy) is 1. The number of nitrogens with one attached hydrogen (secondary N) is 1. The lowest BCUT2D eigenvalue weighted by molar-refractivity contribution is -0.0540. The molecule has 8 nitrogen and oxygen atoms in total. The van der Waals surface area contributed by atoms with Crippen LogP contribution in [0, 0.1) is 5.82 Å². The molecule has 3 heterocycles. The van der Waals surface area contributed by atoms with Gasteiger partial charge in [-0.1, -0.05) is 18.2 Å². The van der Waals surface area contributed by atoms with Crippen molar-refractivity contribution in [2.45, 2.75) is 48.8 Å². The first-order chi connectivity index (χ1) is 16.2. The Morgan fingerprint density at radius 3 is 2.76 bits per heavy atom. The molecule has 5 rings (SSSR count). The average Bonchev–Trinajstić information content (AvgIpc) is 3.31. The number of rotatable bonds is 5. The van der Waals surface area contributed by atoms with Crippen LogP contribution in [0.1, 0.15) is 49.4 Å². The number of hydrogen-bond acceptors (Lipinski definition) is 8. The lowest BCUT2D eigenvalue weighted by Crippen LogP contribution is -2.46. The van der Waals surface area contributed by atoms with Gasteiger partial charge < -0.3 is 9.84 Å². The molecule has 180 valence electrons. The predicted molar refractivity (Wildman–Crippen MR) is 126 cm³/mol. The van der Waals surface area contributed by atoms with Gasteiger partial charge in [-0.3, -0.25) is 9.62 Å². The molecule has 1 saturated heterocycles. The summed E-state index contributed by atoms with van der Waals surface area (Å²) in [6, 6.07) is 11.2. The van der Waals surface area contributed by atoms with Crippen molar-refractivity contribution >= 4 is 26.7 Å². The summed E-state index contributed by atoms with van der Waals surface area (Å²) in [5, 5.41) is 11.0. The molecule has 0 aliphatic carbocycles. The summed E-state index contributed by atoms with van der Waals surface area (Å²) < 4.78 is 51.3. The van der Waals surface area contributed by atoms with Crippen molar-refractivity contribution in [1.29, 1.82) is 0 Å². The van der Waals surface area contributed by atoms with Gasteiger partial charge in [0.1, 0.15) is 17.9 Å². The number of piperidine rings is 1. The van der Waals surface area contributed by atoms with Crippen LogP contribution in [0.5, 0.6) is 5.75 Å². The molecule has 2 N–H and O–H groups in total. The Hall–Kier alpha value is -2.60.